The molecule has 230 valence electrons. The lowest BCUT2D eigenvalue weighted by atomic mass is 9.87. The van der Waals surface area contributed by atoms with Crippen molar-refractivity contribution in [2.24, 2.45) is 23.5 Å². The zero-order valence-electron chi connectivity index (χ0n) is 25.1. The van der Waals surface area contributed by atoms with Gasteiger partial charge in [-0.2, -0.15) is 0 Å². The SMILES string of the molecule is CC(C)(C)OC(=O)N1[C@@H]2CC[C@@H](C2)[C@H]1C(=O)C[C@@H](Cc1ccc(N2CCC3CN(C4CCOC4)CC32)cc1F)C(N)=O. The second-order valence-corrected chi connectivity index (χ2v) is 14.1. The molecule has 4 aliphatic heterocycles. The van der Waals surface area contributed by atoms with E-state index in [4.69, 9.17) is 15.2 Å². The molecule has 2 N–H and O–H groups in total. The van der Waals surface area contributed by atoms with E-state index in [-0.39, 0.29) is 36.4 Å². The van der Waals surface area contributed by atoms with Crippen LogP contribution in [0.1, 0.15) is 64.9 Å². The fourth-order valence-electron chi connectivity index (χ4n) is 8.19. The quantitative estimate of drug-likeness (QED) is 0.499. The number of fused-ring (bicyclic) bond motifs is 3. The van der Waals surface area contributed by atoms with Crippen molar-refractivity contribution in [1.29, 1.82) is 0 Å². The first-order valence-electron chi connectivity index (χ1n) is 15.7. The van der Waals surface area contributed by atoms with E-state index in [1.54, 1.807) is 37.8 Å². The van der Waals surface area contributed by atoms with Gasteiger partial charge in [-0.15, -0.1) is 0 Å². The Bertz CT molecular complexity index is 1210. The third-order valence-electron chi connectivity index (χ3n) is 10.2. The molecule has 9 nitrogen and oxygen atoms in total. The summed E-state index contributed by atoms with van der Waals surface area (Å²) in [5.74, 6) is -1.45. The topological polar surface area (TPSA) is 105 Å². The molecule has 1 aliphatic carbocycles. The van der Waals surface area contributed by atoms with Crippen molar-refractivity contribution in [3.8, 4) is 0 Å². The van der Waals surface area contributed by atoms with Crippen LogP contribution in [-0.4, -0.2) is 90.2 Å². The second-order valence-electron chi connectivity index (χ2n) is 14.1. The summed E-state index contributed by atoms with van der Waals surface area (Å²) in [7, 11) is 0. The first-order chi connectivity index (χ1) is 20.0. The predicted octanol–water partition coefficient (Wildman–Crippen LogP) is 3.52. The van der Waals surface area contributed by atoms with Crippen LogP contribution < -0.4 is 10.6 Å². The van der Waals surface area contributed by atoms with E-state index in [0.29, 0.717) is 23.6 Å². The standard InChI is InChI=1S/C32H45FN4O5/c1-32(2,3)42-31(40)37-24-7-5-20(13-24)29(37)28(38)14-22(30(34)39)12-19-4-6-23(15-26(19)33)36-10-8-21-16-35(17-27(21)36)25-9-11-41-18-25/h4,6,15,20-22,24-25,27,29H,5,7-14,16-18H2,1-3H3,(H2,34,39)/t20-,21?,22+,24+,25?,27?,29-/m0/s1. The third-order valence-corrected chi connectivity index (χ3v) is 10.2. The third kappa shape index (κ3) is 5.76. The van der Waals surface area contributed by atoms with E-state index in [1.165, 1.54) is 0 Å². The van der Waals surface area contributed by atoms with E-state index in [1.807, 2.05) is 6.07 Å². The van der Waals surface area contributed by atoms with E-state index in [0.717, 1.165) is 70.6 Å². The van der Waals surface area contributed by atoms with Gasteiger partial charge < -0.3 is 20.1 Å². The van der Waals surface area contributed by atoms with Crippen LogP contribution in [0.2, 0.25) is 0 Å². The molecule has 1 saturated carbocycles. The van der Waals surface area contributed by atoms with E-state index >= 15 is 4.39 Å². The van der Waals surface area contributed by atoms with Gasteiger partial charge in [0, 0.05) is 62.4 Å². The number of amides is 2. The number of hydrogen-bond donors (Lipinski definition) is 1. The van der Waals surface area contributed by atoms with Crippen molar-refractivity contribution >= 4 is 23.5 Å². The van der Waals surface area contributed by atoms with Gasteiger partial charge in [-0.3, -0.25) is 19.4 Å². The summed E-state index contributed by atoms with van der Waals surface area (Å²) < 4.78 is 26.7. The van der Waals surface area contributed by atoms with Gasteiger partial charge in [0.25, 0.3) is 0 Å². The molecule has 5 fully saturated rings. The molecule has 3 unspecified atom stereocenters. The van der Waals surface area contributed by atoms with Crippen LogP contribution in [0.4, 0.5) is 14.9 Å². The van der Waals surface area contributed by atoms with Gasteiger partial charge >= 0.3 is 6.09 Å². The maximum atomic E-state index is 15.5. The van der Waals surface area contributed by atoms with Crippen LogP contribution >= 0.6 is 0 Å². The molecule has 10 heteroatoms. The first-order valence-corrected chi connectivity index (χ1v) is 15.7. The summed E-state index contributed by atoms with van der Waals surface area (Å²) in [6.07, 6.45) is 4.06. The number of Topliss-reactive ketones (excluding diaryl/α,β-unsaturated/α-hetero) is 1. The average Bonchev–Trinajstić information content (AvgIpc) is 3.73. The maximum absolute atomic E-state index is 15.5. The molecule has 0 aromatic heterocycles. The summed E-state index contributed by atoms with van der Waals surface area (Å²) in [6, 6.07) is 5.43. The summed E-state index contributed by atoms with van der Waals surface area (Å²) in [6.45, 7) is 9.97. The number of benzene rings is 1. The Kier molecular flexibility index (Phi) is 7.98. The molecule has 4 saturated heterocycles. The number of hydrogen-bond acceptors (Lipinski definition) is 7. The van der Waals surface area contributed by atoms with Crippen LogP contribution in [0.5, 0.6) is 0 Å². The number of halogens is 1. The van der Waals surface area contributed by atoms with Crippen LogP contribution in [0, 0.1) is 23.6 Å². The number of primary amides is 1. The summed E-state index contributed by atoms with van der Waals surface area (Å²) in [4.78, 5) is 45.5. The van der Waals surface area contributed by atoms with Gasteiger partial charge in [0.2, 0.25) is 5.91 Å². The number of piperidine rings is 1. The lowest BCUT2D eigenvalue weighted by Gasteiger charge is -2.36. The minimum atomic E-state index is -0.856. The normalized spacial score (nSPS) is 31.5. The molecule has 5 aliphatic rings. The Morgan fingerprint density at radius 2 is 1.90 bits per heavy atom. The number of ether oxygens (including phenoxy) is 2. The molecule has 2 amide bonds. The molecule has 4 heterocycles. The van der Waals surface area contributed by atoms with Crippen molar-refractivity contribution in [1.82, 2.24) is 9.80 Å². The minimum Gasteiger partial charge on any atom is -0.444 e. The summed E-state index contributed by atoms with van der Waals surface area (Å²) in [5, 5.41) is 0. The van der Waals surface area contributed by atoms with Gasteiger partial charge in [-0.25, -0.2) is 9.18 Å². The van der Waals surface area contributed by atoms with E-state index in [2.05, 4.69) is 9.80 Å². The van der Waals surface area contributed by atoms with Crippen molar-refractivity contribution in [3.63, 3.8) is 0 Å². The Balaban J connectivity index is 1.11. The number of rotatable bonds is 8. The Hall–Kier alpha value is -2.72. The number of nitrogens with zero attached hydrogens (tertiary/aromatic N) is 3. The van der Waals surface area contributed by atoms with Crippen LogP contribution in [0.15, 0.2) is 18.2 Å². The van der Waals surface area contributed by atoms with Crippen LogP contribution in [0.3, 0.4) is 0 Å². The summed E-state index contributed by atoms with van der Waals surface area (Å²) in [5.41, 5.74) is 6.30. The van der Waals surface area contributed by atoms with Crippen LogP contribution in [0.25, 0.3) is 0 Å². The minimum absolute atomic E-state index is 0.0283. The average molecular weight is 585 g/mol. The fourth-order valence-corrected chi connectivity index (χ4v) is 8.19. The Labute approximate surface area is 247 Å². The van der Waals surface area contributed by atoms with Gasteiger partial charge in [-0.1, -0.05) is 6.07 Å². The Morgan fingerprint density at radius 3 is 2.60 bits per heavy atom. The predicted molar refractivity (Wildman–Crippen MR) is 155 cm³/mol. The molecule has 42 heavy (non-hydrogen) atoms. The highest BCUT2D eigenvalue weighted by molar-refractivity contribution is 5.92. The van der Waals surface area contributed by atoms with Crippen LogP contribution in [-0.2, 0) is 25.5 Å². The molecule has 0 radical (unpaired) electrons. The van der Waals surface area contributed by atoms with Crippen molar-refractivity contribution in [2.45, 2.75) is 95.5 Å². The zero-order chi connectivity index (χ0) is 29.8. The monoisotopic (exact) mass is 584 g/mol. The first kappa shape index (κ1) is 29.4. The van der Waals surface area contributed by atoms with E-state index in [9.17, 15) is 14.4 Å². The molecule has 2 bridgehead atoms. The molecular weight excluding hydrogens is 539 g/mol. The molecule has 0 spiro atoms. The smallest absolute Gasteiger partial charge is 0.411 e. The van der Waals surface area contributed by atoms with Gasteiger partial charge in [0.15, 0.2) is 5.78 Å². The molecule has 7 atom stereocenters. The Morgan fingerprint density at radius 1 is 1.10 bits per heavy atom. The second kappa shape index (κ2) is 11.4. The lowest BCUT2D eigenvalue weighted by molar-refractivity contribution is -0.131. The lowest BCUT2D eigenvalue weighted by Crippen LogP contribution is -2.51. The van der Waals surface area contributed by atoms with Gasteiger partial charge in [0.05, 0.1) is 12.6 Å². The highest BCUT2D eigenvalue weighted by Crippen LogP contribution is 2.44. The van der Waals surface area contributed by atoms with Crippen molar-refractivity contribution in [3.05, 3.63) is 29.6 Å². The van der Waals surface area contributed by atoms with Crippen molar-refractivity contribution in [2.75, 3.05) is 37.7 Å². The highest BCUT2D eigenvalue weighted by atomic mass is 19.1. The number of nitrogens with two attached hydrogens (primary N) is 1. The molecular formula is C32H45FN4O5. The molecule has 1 aromatic carbocycles. The highest BCUT2D eigenvalue weighted by Gasteiger charge is 2.52. The molecule has 1 aromatic rings. The van der Waals surface area contributed by atoms with Crippen molar-refractivity contribution < 1.29 is 28.2 Å². The maximum Gasteiger partial charge on any atom is 0.411 e. The van der Waals surface area contributed by atoms with Gasteiger partial charge in [-0.05, 0) is 88.8 Å². The number of carbonyl (C=O) groups excluding carboxylic acids is 3. The molecule has 6 rings (SSSR count). The summed E-state index contributed by atoms with van der Waals surface area (Å²) >= 11 is 0. The number of carbonyl (C=O) groups is 3. The number of likely N-dealkylation sites (tertiary alicyclic amines) is 2. The zero-order valence-corrected chi connectivity index (χ0v) is 25.1. The largest absolute Gasteiger partial charge is 0.444 e. The van der Waals surface area contributed by atoms with E-state index < -0.39 is 29.6 Å². The number of ketones is 1. The fraction of sp³-hybridized carbons (Fsp3) is 0.719. The van der Waals surface area contributed by atoms with Gasteiger partial charge in [0.1, 0.15) is 11.4 Å². The number of anilines is 1.